The minimum atomic E-state index is -0.390. The third-order valence-corrected chi connectivity index (χ3v) is 2.89. The summed E-state index contributed by atoms with van der Waals surface area (Å²) in [6, 6.07) is 4.67. The summed E-state index contributed by atoms with van der Waals surface area (Å²) >= 11 is 7.95. The number of hydrogen-bond donors (Lipinski definition) is 2. The molecule has 1 aromatic heterocycles. The van der Waals surface area contributed by atoms with Crippen molar-refractivity contribution >= 4 is 51.6 Å². The number of nitrogens with zero attached hydrogens (tertiary/aromatic N) is 2. The maximum absolute atomic E-state index is 13.5. The third kappa shape index (κ3) is 2.95. The molecule has 0 bridgehead atoms. The van der Waals surface area contributed by atoms with Crippen LogP contribution in [0.25, 0.3) is 0 Å². The van der Waals surface area contributed by atoms with E-state index in [2.05, 4.69) is 37.9 Å². The van der Waals surface area contributed by atoms with Crippen molar-refractivity contribution in [2.75, 3.05) is 11.1 Å². The second-order valence-corrected chi connectivity index (χ2v) is 4.83. The Morgan fingerprint density at radius 1 is 1.41 bits per heavy atom. The molecule has 7 heteroatoms. The van der Waals surface area contributed by atoms with Crippen molar-refractivity contribution < 1.29 is 4.39 Å². The van der Waals surface area contributed by atoms with Crippen LogP contribution in [-0.2, 0) is 0 Å². The van der Waals surface area contributed by atoms with Crippen molar-refractivity contribution in [2.45, 2.75) is 0 Å². The minimum Gasteiger partial charge on any atom is -0.368 e. The van der Waals surface area contributed by atoms with Gasteiger partial charge in [0.2, 0.25) is 5.95 Å². The van der Waals surface area contributed by atoms with Crippen LogP contribution >= 0.6 is 34.2 Å². The van der Waals surface area contributed by atoms with E-state index in [-0.39, 0.29) is 22.5 Å². The van der Waals surface area contributed by atoms with Crippen LogP contribution in [0.15, 0.2) is 24.4 Å². The zero-order valence-electron chi connectivity index (χ0n) is 8.42. The lowest BCUT2D eigenvalue weighted by Crippen LogP contribution is -2.01. The molecule has 0 saturated carbocycles. The number of anilines is 3. The molecule has 0 aliphatic carbocycles. The summed E-state index contributed by atoms with van der Waals surface area (Å²) in [6.07, 6.45) is 1.36. The second-order valence-electron chi connectivity index (χ2n) is 3.17. The van der Waals surface area contributed by atoms with E-state index < -0.39 is 5.82 Å². The average Bonchev–Trinajstić information content (AvgIpc) is 2.28. The van der Waals surface area contributed by atoms with E-state index in [9.17, 15) is 4.39 Å². The summed E-state index contributed by atoms with van der Waals surface area (Å²) in [5.74, 6) is -0.0401. The standard InChI is InChI=1S/C10H7ClFIN4/c11-6-4-15-10(14)17-9(6)16-8-3-5(13)1-2-7(8)12/h1-4H,(H3,14,15,16,17). The molecule has 2 rings (SSSR count). The first kappa shape index (κ1) is 12.3. The summed E-state index contributed by atoms with van der Waals surface area (Å²) in [4.78, 5) is 7.61. The molecule has 3 N–H and O–H groups in total. The summed E-state index contributed by atoms with van der Waals surface area (Å²) in [5.41, 5.74) is 5.72. The van der Waals surface area contributed by atoms with Gasteiger partial charge in [-0.1, -0.05) is 11.6 Å². The van der Waals surface area contributed by atoms with Gasteiger partial charge in [0.25, 0.3) is 0 Å². The van der Waals surface area contributed by atoms with Crippen LogP contribution in [0.5, 0.6) is 0 Å². The van der Waals surface area contributed by atoms with Gasteiger partial charge in [0, 0.05) is 3.57 Å². The van der Waals surface area contributed by atoms with Gasteiger partial charge in [0.1, 0.15) is 10.8 Å². The predicted molar refractivity (Wildman–Crippen MR) is 73.9 cm³/mol. The molecule has 0 spiro atoms. The summed E-state index contributed by atoms with van der Waals surface area (Å²) in [7, 11) is 0. The Morgan fingerprint density at radius 3 is 2.94 bits per heavy atom. The third-order valence-electron chi connectivity index (χ3n) is 1.94. The average molecular weight is 365 g/mol. The lowest BCUT2D eigenvalue weighted by Gasteiger charge is -2.08. The highest BCUT2D eigenvalue weighted by molar-refractivity contribution is 14.1. The molecular formula is C10H7ClFIN4. The largest absolute Gasteiger partial charge is 0.368 e. The van der Waals surface area contributed by atoms with E-state index in [1.165, 1.54) is 12.3 Å². The second kappa shape index (κ2) is 5.01. The van der Waals surface area contributed by atoms with Crippen molar-refractivity contribution in [3.05, 3.63) is 38.8 Å². The van der Waals surface area contributed by atoms with Gasteiger partial charge in [-0.15, -0.1) is 0 Å². The molecule has 1 aromatic carbocycles. The van der Waals surface area contributed by atoms with Gasteiger partial charge < -0.3 is 11.1 Å². The van der Waals surface area contributed by atoms with Gasteiger partial charge in [-0.05, 0) is 40.8 Å². The van der Waals surface area contributed by atoms with Crippen molar-refractivity contribution in [2.24, 2.45) is 0 Å². The predicted octanol–water partition coefficient (Wildman–Crippen LogP) is 3.20. The van der Waals surface area contributed by atoms with Crippen LogP contribution in [0.3, 0.4) is 0 Å². The monoisotopic (exact) mass is 364 g/mol. The van der Waals surface area contributed by atoms with Crippen LogP contribution in [-0.4, -0.2) is 9.97 Å². The van der Waals surface area contributed by atoms with Gasteiger partial charge in [-0.3, -0.25) is 0 Å². The Labute approximate surface area is 116 Å². The van der Waals surface area contributed by atoms with Gasteiger partial charge in [-0.25, -0.2) is 9.37 Å². The van der Waals surface area contributed by atoms with E-state index in [1.807, 2.05) is 0 Å². The molecule has 88 valence electrons. The van der Waals surface area contributed by atoms with Gasteiger partial charge >= 0.3 is 0 Å². The normalized spacial score (nSPS) is 10.3. The van der Waals surface area contributed by atoms with Crippen LogP contribution in [0.4, 0.5) is 21.8 Å². The quantitative estimate of drug-likeness (QED) is 0.803. The lowest BCUT2D eigenvalue weighted by atomic mass is 10.3. The summed E-state index contributed by atoms with van der Waals surface area (Å²) in [5, 5.41) is 3.05. The number of nitrogen functional groups attached to an aromatic ring is 1. The van der Waals surface area contributed by atoms with Crippen LogP contribution in [0, 0.1) is 9.39 Å². The zero-order chi connectivity index (χ0) is 12.4. The fraction of sp³-hybridized carbons (Fsp3) is 0. The van der Waals surface area contributed by atoms with Gasteiger partial charge in [0.05, 0.1) is 11.9 Å². The molecular weight excluding hydrogens is 357 g/mol. The molecule has 17 heavy (non-hydrogen) atoms. The number of aromatic nitrogens is 2. The molecule has 0 aliphatic heterocycles. The van der Waals surface area contributed by atoms with Gasteiger partial charge in [0.15, 0.2) is 5.82 Å². The number of rotatable bonds is 2. The first-order valence-electron chi connectivity index (χ1n) is 4.56. The minimum absolute atomic E-state index is 0.0722. The number of benzene rings is 1. The molecule has 4 nitrogen and oxygen atoms in total. The first-order valence-corrected chi connectivity index (χ1v) is 6.02. The van der Waals surface area contributed by atoms with E-state index >= 15 is 0 Å². The Kier molecular flexibility index (Phi) is 3.63. The van der Waals surface area contributed by atoms with E-state index in [0.717, 1.165) is 3.57 Å². The number of halogens is 3. The molecule has 0 radical (unpaired) electrons. The highest BCUT2D eigenvalue weighted by atomic mass is 127. The molecule has 0 saturated heterocycles. The van der Waals surface area contributed by atoms with E-state index in [0.29, 0.717) is 0 Å². The molecule has 0 aliphatic rings. The maximum Gasteiger partial charge on any atom is 0.222 e. The van der Waals surface area contributed by atoms with E-state index in [1.54, 1.807) is 12.1 Å². The van der Waals surface area contributed by atoms with Crippen LogP contribution < -0.4 is 11.1 Å². The number of nitrogens with one attached hydrogen (secondary N) is 1. The molecule has 0 amide bonds. The lowest BCUT2D eigenvalue weighted by molar-refractivity contribution is 0.631. The molecule has 0 fully saturated rings. The van der Waals surface area contributed by atoms with Crippen molar-refractivity contribution in [1.82, 2.24) is 9.97 Å². The number of hydrogen-bond acceptors (Lipinski definition) is 4. The Bertz CT molecular complexity index is 514. The molecule has 0 atom stereocenters. The van der Waals surface area contributed by atoms with Crippen molar-refractivity contribution in [1.29, 1.82) is 0 Å². The smallest absolute Gasteiger partial charge is 0.222 e. The van der Waals surface area contributed by atoms with Gasteiger partial charge in [-0.2, -0.15) is 4.98 Å². The topological polar surface area (TPSA) is 63.8 Å². The summed E-state index contributed by atoms with van der Waals surface area (Å²) < 4.78 is 14.4. The fourth-order valence-corrected chi connectivity index (χ4v) is 1.82. The zero-order valence-corrected chi connectivity index (χ0v) is 11.3. The molecule has 2 aromatic rings. The summed E-state index contributed by atoms with van der Waals surface area (Å²) in [6.45, 7) is 0. The van der Waals surface area contributed by atoms with Crippen LogP contribution in [0.2, 0.25) is 5.02 Å². The van der Waals surface area contributed by atoms with Crippen LogP contribution in [0.1, 0.15) is 0 Å². The highest BCUT2D eigenvalue weighted by Gasteiger charge is 2.08. The van der Waals surface area contributed by atoms with E-state index in [4.69, 9.17) is 17.3 Å². The van der Waals surface area contributed by atoms with Crippen molar-refractivity contribution in [3.63, 3.8) is 0 Å². The van der Waals surface area contributed by atoms with Crippen molar-refractivity contribution in [3.8, 4) is 0 Å². The molecule has 1 heterocycles. The Hall–Kier alpha value is -1.15. The first-order chi connectivity index (χ1) is 8.06. The molecule has 0 unspecified atom stereocenters. The Balaban J connectivity index is 2.37. The fourth-order valence-electron chi connectivity index (χ4n) is 1.19. The Morgan fingerprint density at radius 2 is 2.18 bits per heavy atom. The highest BCUT2D eigenvalue weighted by Crippen LogP contribution is 2.25. The maximum atomic E-state index is 13.5. The number of nitrogens with two attached hydrogens (primary N) is 1. The SMILES string of the molecule is Nc1ncc(Cl)c(Nc2cc(I)ccc2F)n1.